The average molecular weight is 269 g/mol. The lowest BCUT2D eigenvalue weighted by atomic mass is 9.98. The highest BCUT2D eigenvalue weighted by Gasteiger charge is 2.19. The summed E-state index contributed by atoms with van der Waals surface area (Å²) in [5.74, 6) is -1.16. The van der Waals surface area contributed by atoms with Crippen LogP contribution in [0.4, 0.5) is 5.13 Å². The molecular formula is C11H15N3O3S. The standard InChI is InChI=1S/C11H15N3O3S/c12-11-13-8(6-18-11)9(10(15)16)14-17-7-4-2-1-3-5-7/h6-7H,1-5H2,(H2,12,13)(H,15,16)/b14-9-. The number of oxime groups is 1. The number of rotatable bonds is 4. The molecule has 0 atom stereocenters. The van der Waals surface area contributed by atoms with E-state index >= 15 is 0 Å². The fraction of sp³-hybridized carbons (Fsp3) is 0.545. The van der Waals surface area contributed by atoms with E-state index in [0.29, 0.717) is 5.13 Å². The molecule has 2 rings (SSSR count). The van der Waals surface area contributed by atoms with Crippen LogP contribution in [0.25, 0.3) is 0 Å². The van der Waals surface area contributed by atoms with Crippen LogP contribution in [0.15, 0.2) is 10.5 Å². The van der Waals surface area contributed by atoms with Crippen LogP contribution in [-0.4, -0.2) is 27.9 Å². The van der Waals surface area contributed by atoms with Gasteiger partial charge in [-0.3, -0.25) is 0 Å². The third-order valence-electron chi connectivity index (χ3n) is 2.81. The van der Waals surface area contributed by atoms with Crippen molar-refractivity contribution in [2.45, 2.75) is 38.2 Å². The highest BCUT2D eigenvalue weighted by atomic mass is 32.1. The summed E-state index contributed by atoms with van der Waals surface area (Å²) in [4.78, 5) is 20.3. The second-order valence-corrected chi connectivity index (χ2v) is 5.07. The monoisotopic (exact) mass is 269 g/mol. The maximum Gasteiger partial charge on any atom is 0.360 e. The van der Waals surface area contributed by atoms with E-state index in [9.17, 15) is 4.79 Å². The molecule has 0 spiro atoms. The van der Waals surface area contributed by atoms with Crippen molar-refractivity contribution < 1.29 is 14.7 Å². The third kappa shape index (κ3) is 3.19. The normalized spacial score (nSPS) is 17.7. The lowest BCUT2D eigenvalue weighted by Gasteiger charge is -2.19. The molecule has 1 aliphatic carbocycles. The molecule has 0 saturated heterocycles. The number of carboxylic acid groups (broad SMARTS) is 1. The molecule has 0 aliphatic heterocycles. The number of nitrogen functional groups attached to an aromatic ring is 1. The Kier molecular flexibility index (Phi) is 4.14. The number of nitrogens with zero attached hydrogens (tertiary/aromatic N) is 2. The molecule has 7 heteroatoms. The molecule has 1 aromatic heterocycles. The van der Waals surface area contributed by atoms with Gasteiger partial charge in [0.05, 0.1) is 0 Å². The lowest BCUT2D eigenvalue weighted by Crippen LogP contribution is -2.19. The zero-order valence-electron chi connectivity index (χ0n) is 9.83. The van der Waals surface area contributed by atoms with Gasteiger partial charge in [-0.15, -0.1) is 11.3 Å². The van der Waals surface area contributed by atoms with Crippen molar-refractivity contribution >= 4 is 28.1 Å². The quantitative estimate of drug-likeness (QED) is 0.642. The predicted octanol–water partition coefficient (Wildman–Crippen LogP) is 1.86. The minimum atomic E-state index is -1.16. The second-order valence-electron chi connectivity index (χ2n) is 4.18. The smallest absolute Gasteiger partial charge is 0.360 e. The number of hydrogen-bond donors (Lipinski definition) is 2. The van der Waals surface area contributed by atoms with Gasteiger partial charge in [0.15, 0.2) is 5.13 Å². The molecular weight excluding hydrogens is 254 g/mol. The Balaban J connectivity index is 2.07. The van der Waals surface area contributed by atoms with Crippen LogP contribution >= 0.6 is 11.3 Å². The molecule has 98 valence electrons. The van der Waals surface area contributed by atoms with E-state index in [-0.39, 0.29) is 17.5 Å². The minimum Gasteiger partial charge on any atom is -0.476 e. The SMILES string of the molecule is Nc1nc(/C(=N/OC2CCCCC2)C(=O)O)cs1. The highest BCUT2D eigenvalue weighted by Crippen LogP contribution is 2.21. The van der Waals surface area contributed by atoms with Crippen molar-refractivity contribution in [1.29, 1.82) is 0 Å². The molecule has 0 bridgehead atoms. The number of carbonyl (C=O) groups is 1. The third-order valence-corrected chi connectivity index (χ3v) is 3.49. The Morgan fingerprint density at radius 2 is 2.22 bits per heavy atom. The molecule has 0 radical (unpaired) electrons. The number of aromatic nitrogens is 1. The van der Waals surface area contributed by atoms with Gasteiger partial charge >= 0.3 is 5.97 Å². The van der Waals surface area contributed by atoms with Gasteiger partial charge < -0.3 is 15.7 Å². The van der Waals surface area contributed by atoms with Gasteiger partial charge in [0.2, 0.25) is 5.71 Å². The maximum atomic E-state index is 11.1. The summed E-state index contributed by atoms with van der Waals surface area (Å²) in [6.45, 7) is 0. The number of thiazole rings is 1. The summed E-state index contributed by atoms with van der Waals surface area (Å²) < 4.78 is 0. The summed E-state index contributed by atoms with van der Waals surface area (Å²) >= 11 is 1.18. The van der Waals surface area contributed by atoms with Gasteiger partial charge in [-0.25, -0.2) is 9.78 Å². The number of anilines is 1. The molecule has 1 fully saturated rings. The van der Waals surface area contributed by atoms with Gasteiger partial charge in [-0.05, 0) is 25.7 Å². The van der Waals surface area contributed by atoms with Crippen LogP contribution in [0.5, 0.6) is 0 Å². The zero-order chi connectivity index (χ0) is 13.0. The van der Waals surface area contributed by atoms with E-state index in [1.54, 1.807) is 5.38 Å². The molecule has 0 aromatic carbocycles. The Morgan fingerprint density at radius 1 is 1.50 bits per heavy atom. The van der Waals surface area contributed by atoms with Crippen LogP contribution in [0, 0.1) is 0 Å². The first-order valence-corrected chi connectivity index (χ1v) is 6.73. The van der Waals surface area contributed by atoms with E-state index in [0.717, 1.165) is 25.7 Å². The summed E-state index contributed by atoms with van der Waals surface area (Å²) in [5.41, 5.74) is 5.54. The second kappa shape index (κ2) is 5.81. The molecule has 0 amide bonds. The van der Waals surface area contributed by atoms with Crippen molar-refractivity contribution in [1.82, 2.24) is 4.98 Å². The van der Waals surface area contributed by atoms with Crippen LogP contribution in [0.3, 0.4) is 0 Å². The van der Waals surface area contributed by atoms with Gasteiger partial charge in [-0.2, -0.15) is 0 Å². The summed E-state index contributed by atoms with van der Waals surface area (Å²) in [5, 5.41) is 14.7. The predicted molar refractivity (Wildman–Crippen MR) is 68.7 cm³/mol. The number of carboxylic acids is 1. The molecule has 0 unspecified atom stereocenters. The van der Waals surface area contributed by atoms with E-state index in [1.807, 2.05) is 0 Å². The van der Waals surface area contributed by atoms with Crippen LogP contribution < -0.4 is 5.73 Å². The van der Waals surface area contributed by atoms with Crippen molar-refractivity contribution in [2.75, 3.05) is 5.73 Å². The van der Waals surface area contributed by atoms with E-state index in [1.165, 1.54) is 17.8 Å². The maximum absolute atomic E-state index is 11.1. The number of aliphatic carboxylic acids is 1. The van der Waals surface area contributed by atoms with Gasteiger partial charge in [0, 0.05) is 5.38 Å². The van der Waals surface area contributed by atoms with Crippen LogP contribution in [0.1, 0.15) is 37.8 Å². The minimum absolute atomic E-state index is 0.0177. The summed E-state index contributed by atoms with van der Waals surface area (Å²) in [6, 6.07) is 0. The van der Waals surface area contributed by atoms with Crippen molar-refractivity contribution in [3.05, 3.63) is 11.1 Å². The fourth-order valence-electron chi connectivity index (χ4n) is 1.89. The first-order chi connectivity index (χ1) is 8.66. The Labute approximate surface area is 108 Å². The number of nitrogens with two attached hydrogens (primary N) is 1. The first-order valence-electron chi connectivity index (χ1n) is 5.85. The van der Waals surface area contributed by atoms with Gasteiger partial charge in [-0.1, -0.05) is 11.6 Å². The molecule has 1 saturated carbocycles. The molecule has 1 aliphatic rings. The van der Waals surface area contributed by atoms with Crippen LogP contribution in [-0.2, 0) is 9.63 Å². The zero-order valence-corrected chi connectivity index (χ0v) is 10.7. The van der Waals surface area contributed by atoms with Gasteiger partial charge in [0.25, 0.3) is 0 Å². The fourth-order valence-corrected chi connectivity index (χ4v) is 2.44. The molecule has 1 heterocycles. The number of hydrogen-bond acceptors (Lipinski definition) is 6. The Morgan fingerprint density at radius 3 is 2.78 bits per heavy atom. The summed E-state index contributed by atoms with van der Waals surface area (Å²) in [7, 11) is 0. The van der Waals surface area contributed by atoms with Crippen molar-refractivity contribution in [3.8, 4) is 0 Å². The van der Waals surface area contributed by atoms with E-state index in [4.69, 9.17) is 15.7 Å². The molecule has 6 nitrogen and oxygen atoms in total. The lowest BCUT2D eigenvalue weighted by molar-refractivity contribution is -0.129. The van der Waals surface area contributed by atoms with E-state index in [2.05, 4.69) is 10.1 Å². The van der Waals surface area contributed by atoms with Crippen molar-refractivity contribution in [3.63, 3.8) is 0 Å². The Hall–Kier alpha value is -1.63. The Bertz CT molecular complexity index is 452. The molecule has 1 aromatic rings. The van der Waals surface area contributed by atoms with E-state index < -0.39 is 5.97 Å². The molecule has 18 heavy (non-hydrogen) atoms. The average Bonchev–Trinajstić information content (AvgIpc) is 2.77. The highest BCUT2D eigenvalue weighted by molar-refractivity contribution is 7.13. The topological polar surface area (TPSA) is 97.8 Å². The molecule has 3 N–H and O–H groups in total. The van der Waals surface area contributed by atoms with Gasteiger partial charge in [0.1, 0.15) is 11.8 Å². The largest absolute Gasteiger partial charge is 0.476 e. The van der Waals surface area contributed by atoms with Crippen LogP contribution in [0.2, 0.25) is 0 Å². The first kappa shape index (κ1) is 12.8. The van der Waals surface area contributed by atoms with Crippen molar-refractivity contribution in [2.24, 2.45) is 5.16 Å². The summed E-state index contributed by atoms with van der Waals surface area (Å²) in [6.07, 6.45) is 5.28.